The highest BCUT2D eigenvalue weighted by Gasteiger charge is 2.23. The number of aryl methyl sites for hydroxylation is 1. The quantitative estimate of drug-likeness (QED) is 0.782. The molecule has 0 saturated carbocycles. The molecule has 0 spiro atoms. The first-order valence-electron chi connectivity index (χ1n) is 9.50. The van der Waals surface area contributed by atoms with E-state index in [4.69, 9.17) is 4.74 Å². The molecule has 150 valence electrons. The van der Waals surface area contributed by atoms with Crippen LogP contribution in [0.4, 0.5) is 10.5 Å². The Morgan fingerprint density at radius 1 is 1.36 bits per heavy atom. The average molecular weight is 385 g/mol. The molecule has 3 rings (SSSR count). The minimum Gasteiger partial charge on any atom is -0.444 e. The van der Waals surface area contributed by atoms with Crippen LogP contribution in [0.5, 0.6) is 0 Å². The molecule has 0 saturated heterocycles. The Morgan fingerprint density at radius 3 is 2.89 bits per heavy atom. The van der Waals surface area contributed by atoms with E-state index in [0.717, 1.165) is 23.4 Å². The number of fused-ring (bicyclic) bond motifs is 4. The fraction of sp³-hybridized carbons (Fsp3) is 0.500. The van der Waals surface area contributed by atoms with Crippen LogP contribution < -0.4 is 10.6 Å². The third kappa shape index (κ3) is 4.88. The van der Waals surface area contributed by atoms with Crippen molar-refractivity contribution < 1.29 is 14.3 Å². The van der Waals surface area contributed by atoms with Crippen molar-refractivity contribution in [3.63, 3.8) is 0 Å². The Hall–Kier alpha value is -2.90. The third-order valence-electron chi connectivity index (χ3n) is 4.46. The van der Waals surface area contributed by atoms with Crippen molar-refractivity contribution in [3.05, 3.63) is 30.2 Å². The topological polar surface area (TPSA) is 98.1 Å². The normalized spacial score (nSPS) is 17.6. The van der Waals surface area contributed by atoms with E-state index in [1.54, 1.807) is 17.1 Å². The highest BCUT2D eigenvalue weighted by Crippen LogP contribution is 2.30. The smallest absolute Gasteiger partial charge is 0.408 e. The summed E-state index contributed by atoms with van der Waals surface area (Å²) >= 11 is 0. The van der Waals surface area contributed by atoms with E-state index >= 15 is 0 Å². The summed E-state index contributed by atoms with van der Waals surface area (Å²) in [6.45, 7) is 5.49. The van der Waals surface area contributed by atoms with Gasteiger partial charge < -0.3 is 15.4 Å². The molecule has 8 nitrogen and oxygen atoms in total. The lowest BCUT2D eigenvalue weighted by Crippen LogP contribution is -2.35. The van der Waals surface area contributed by atoms with Gasteiger partial charge in [-0.3, -0.25) is 14.5 Å². The fourth-order valence-corrected chi connectivity index (χ4v) is 3.25. The second-order valence-electron chi connectivity index (χ2n) is 7.99. The van der Waals surface area contributed by atoms with Gasteiger partial charge in [0.15, 0.2) is 0 Å². The zero-order valence-electron chi connectivity index (χ0n) is 16.8. The number of ether oxygens (including phenoxy) is 1. The first-order chi connectivity index (χ1) is 13.2. The standard InChI is InChI=1S/C20H27N5O3/c1-20(2,3)28-19(27)24-14-7-5-6-8-17(26)23-16-12-22-25(4)18(16)13-9-10-21-15(14)11-13/h9-12,14H,5-8H2,1-4H3,(H,23,26)(H,24,27)/t14-/m0/s1. The van der Waals surface area contributed by atoms with E-state index in [0.29, 0.717) is 24.9 Å². The number of nitrogens with zero attached hydrogens (tertiary/aromatic N) is 3. The maximum absolute atomic E-state index is 12.3. The average Bonchev–Trinajstić information content (AvgIpc) is 2.95. The Kier molecular flexibility index (Phi) is 5.67. The van der Waals surface area contributed by atoms with Gasteiger partial charge in [-0.15, -0.1) is 0 Å². The molecule has 3 heterocycles. The molecule has 1 aliphatic rings. The Labute approximate surface area is 164 Å². The number of carbonyl (C=O) groups excluding carboxylic acids is 2. The zero-order chi connectivity index (χ0) is 20.3. The van der Waals surface area contributed by atoms with E-state index in [2.05, 4.69) is 20.7 Å². The van der Waals surface area contributed by atoms with Crippen LogP contribution in [0.25, 0.3) is 11.3 Å². The number of pyridine rings is 1. The van der Waals surface area contributed by atoms with Crippen LogP contribution in [0.2, 0.25) is 0 Å². The van der Waals surface area contributed by atoms with Gasteiger partial charge in [0.2, 0.25) is 5.91 Å². The summed E-state index contributed by atoms with van der Waals surface area (Å²) in [7, 11) is 1.83. The number of amides is 2. The largest absolute Gasteiger partial charge is 0.444 e. The van der Waals surface area contributed by atoms with Crippen molar-refractivity contribution in [2.24, 2.45) is 7.05 Å². The third-order valence-corrected chi connectivity index (χ3v) is 4.46. The van der Waals surface area contributed by atoms with Crippen LogP contribution in [0.15, 0.2) is 24.5 Å². The predicted molar refractivity (Wildman–Crippen MR) is 106 cm³/mol. The summed E-state index contributed by atoms with van der Waals surface area (Å²) in [6.07, 6.45) is 5.45. The molecule has 2 aromatic heterocycles. The van der Waals surface area contributed by atoms with E-state index in [9.17, 15) is 9.59 Å². The van der Waals surface area contributed by atoms with E-state index < -0.39 is 11.7 Å². The van der Waals surface area contributed by atoms with Crippen LogP contribution >= 0.6 is 0 Å². The second-order valence-corrected chi connectivity index (χ2v) is 7.99. The molecule has 2 aromatic rings. The van der Waals surface area contributed by atoms with Crippen LogP contribution in [0, 0.1) is 0 Å². The second kappa shape index (κ2) is 8.00. The number of aromatic nitrogens is 3. The zero-order valence-corrected chi connectivity index (χ0v) is 16.8. The summed E-state index contributed by atoms with van der Waals surface area (Å²) in [5.41, 5.74) is 2.52. The lowest BCUT2D eigenvalue weighted by atomic mass is 10.0. The van der Waals surface area contributed by atoms with E-state index in [1.807, 2.05) is 40.0 Å². The maximum Gasteiger partial charge on any atom is 0.408 e. The minimum absolute atomic E-state index is 0.0410. The van der Waals surface area contributed by atoms with Crippen LogP contribution in [0.3, 0.4) is 0 Å². The fourth-order valence-electron chi connectivity index (χ4n) is 3.25. The molecule has 2 bridgehead atoms. The molecule has 8 heteroatoms. The summed E-state index contributed by atoms with van der Waals surface area (Å²) in [4.78, 5) is 29.1. The molecule has 28 heavy (non-hydrogen) atoms. The van der Waals surface area contributed by atoms with Gasteiger partial charge in [0.25, 0.3) is 0 Å². The number of hydrogen-bond donors (Lipinski definition) is 2. The molecule has 1 aliphatic heterocycles. The number of rotatable bonds is 1. The van der Waals surface area contributed by atoms with Gasteiger partial charge in [0, 0.05) is 25.2 Å². The van der Waals surface area contributed by atoms with Crippen molar-refractivity contribution in [3.8, 4) is 11.3 Å². The predicted octanol–water partition coefficient (Wildman–Crippen LogP) is 3.56. The van der Waals surface area contributed by atoms with Gasteiger partial charge in [-0.2, -0.15) is 5.10 Å². The van der Waals surface area contributed by atoms with Gasteiger partial charge in [-0.1, -0.05) is 6.42 Å². The maximum atomic E-state index is 12.3. The lowest BCUT2D eigenvalue weighted by molar-refractivity contribution is -0.116. The van der Waals surface area contributed by atoms with Crippen molar-refractivity contribution in [1.29, 1.82) is 0 Å². The van der Waals surface area contributed by atoms with Crippen molar-refractivity contribution in [1.82, 2.24) is 20.1 Å². The van der Waals surface area contributed by atoms with Gasteiger partial charge >= 0.3 is 6.09 Å². The van der Waals surface area contributed by atoms with Crippen LogP contribution in [-0.4, -0.2) is 32.4 Å². The molecule has 0 aromatic carbocycles. The Bertz CT molecular complexity index is 869. The van der Waals surface area contributed by atoms with Crippen molar-refractivity contribution >= 4 is 17.7 Å². The minimum atomic E-state index is -0.577. The monoisotopic (exact) mass is 385 g/mol. The first-order valence-corrected chi connectivity index (χ1v) is 9.50. The van der Waals surface area contributed by atoms with Crippen LogP contribution in [-0.2, 0) is 16.6 Å². The number of carbonyl (C=O) groups is 2. The molecular weight excluding hydrogens is 358 g/mol. The summed E-state index contributed by atoms with van der Waals surface area (Å²) < 4.78 is 7.13. The molecule has 0 fully saturated rings. The number of hydrogen-bond acceptors (Lipinski definition) is 5. The van der Waals surface area contributed by atoms with Gasteiger partial charge in [0.1, 0.15) is 5.60 Å². The highest BCUT2D eigenvalue weighted by atomic mass is 16.6. The Balaban J connectivity index is 1.95. The number of nitrogens with one attached hydrogen (secondary N) is 2. The Morgan fingerprint density at radius 2 is 2.14 bits per heavy atom. The van der Waals surface area contributed by atoms with Gasteiger partial charge in [0.05, 0.1) is 29.3 Å². The van der Waals surface area contributed by atoms with E-state index in [-0.39, 0.29) is 11.9 Å². The van der Waals surface area contributed by atoms with Crippen LogP contribution in [0.1, 0.15) is 58.2 Å². The molecule has 0 aliphatic carbocycles. The number of alkyl carbamates (subject to hydrolysis) is 1. The lowest BCUT2D eigenvalue weighted by Gasteiger charge is -2.24. The molecule has 2 N–H and O–H groups in total. The highest BCUT2D eigenvalue weighted by molar-refractivity contribution is 5.94. The molecular formula is C20H27N5O3. The van der Waals surface area contributed by atoms with E-state index in [1.165, 1.54) is 0 Å². The van der Waals surface area contributed by atoms with Crippen molar-refractivity contribution in [2.75, 3.05) is 5.32 Å². The first kappa shape index (κ1) is 19.9. The molecule has 2 amide bonds. The number of anilines is 1. The SMILES string of the molecule is Cn1ncc2c1-c1ccnc(c1)[C@@H](NC(=O)OC(C)(C)C)CCCCC(=O)N2. The molecule has 1 atom stereocenters. The molecule has 0 radical (unpaired) electrons. The molecule has 0 unspecified atom stereocenters. The van der Waals surface area contributed by atoms with Gasteiger partial charge in [-0.05, 0) is 45.7 Å². The summed E-state index contributed by atoms with van der Waals surface area (Å²) in [5.74, 6) is -0.0410. The van der Waals surface area contributed by atoms with Gasteiger partial charge in [-0.25, -0.2) is 4.79 Å². The summed E-state index contributed by atoms with van der Waals surface area (Å²) in [5, 5.41) is 10.2. The summed E-state index contributed by atoms with van der Waals surface area (Å²) in [6, 6.07) is 3.50. The van der Waals surface area contributed by atoms with Crippen molar-refractivity contribution in [2.45, 2.75) is 58.1 Å².